The van der Waals surface area contributed by atoms with Crippen molar-refractivity contribution >= 4 is 16.9 Å². The SMILES string of the molecule is CCOc1cccc2cc(C(C)NC(=O)CN)oc12. The standard InChI is InChI=1S/C14H18N2O3/c1-3-18-11-6-4-5-10-7-12(19-14(10)11)9(2)16-13(17)8-15/h4-7,9H,3,8,15H2,1-2H3,(H,16,17). The van der Waals surface area contributed by atoms with Gasteiger partial charge in [-0.2, -0.15) is 0 Å². The van der Waals surface area contributed by atoms with Crippen molar-refractivity contribution in [2.24, 2.45) is 5.73 Å². The molecule has 0 aliphatic carbocycles. The van der Waals surface area contributed by atoms with E-state index in [0.29, 0.717) is 23.7 Å². The molecule has 0 saturated carbocycles. The van der Waals surface area contributed by atoms with Crippen molar-refractivity contribution < 1.29 is 13.9 Å². The van der Waals surface area contributed by atoms with E-state index in [4.69, 9.17) is 14.9 Å². The van der Waals surface area contributed by atoms with Crippen LogP contribution in [0, 0.1) is 0 Å². The van der Waals surface area contributed by atoms with Crippen molar-refractivity contribution in [1.29, 1.82) is 0 Å². The van der Waals surface area contributed by atoms with E-state index in [9.17, 15) is 4.79 Å². The molecule has 1 heterocycles. The predicted molar refractivity (Wildman–Crippen MR) is 73.0 cm³/mol. The maximum Gasteiger partial charge on any atom is 0.234 e. The lowest BCUT2D eigenvalue weighted by Crippen LogP contribution is -2.32. The minimum absolute atomic E-state index is 0.0330. The number of carbonyl (C=O) groups excluding carboxylic acids is 1. The second-order valence-corrected chi connectivity index (χ2v) is 4.25. The van der Waals surface area contributed by atoms with E-state index in [-0.39, 0.29) is 18.5 Å². The number of fused-ring (bicyclic) bond motifs is 1. The van der Waals surface area contributed by atoms with Gasteiger partial charge in [-0.25, -0.2) is 0 Å². The zero-order chi connectivity index (χ0) is 13.8. The van der Waals surface area contributed by atoms with E-state index in [1.807, 2.05) is 38.1 Å². The van der Waals surface area contributed by atoms with Gasteiger partial charge in [-0.3, -0.25) is 4.79 Å². The average molecular weight is 262 g/mol. The number of amides is 1. The molecule has 0 saturated heterocycles. The predicted octanol–water partition coefficient (Wildman–Crippen LogP) is 1.97. The largest absolute Gasteiger partial charge is 0.490 e. The van der Waals surface area contributed by atoms with E-state index < -0.39 is 0 Å². The molecule has 1 amide bonds. The van der Waals surface area contributed by atoms with E-state index >= 15 is 0 Å². The lowest BCUT2D eigenvalue weighted by Gasteiger charge is -2.09. The molecule has 2 rings (SSSR count). The molecule has 3 N–H and O–H groups in total. The summed E-state index contributed by atoms with van der Waals surface area (Å²) >= 11 is 0. The fourth-order valence-corrected chi connectivity index (χ4v) is 1.91. The Balaban J connectivity index is 2.30. The van der Waals surface area contributed by atoms with E-state index in [1.54, 1.807) is 0 Å². The maximum atomic E-state index is 11.3. The molecule has 5 heteroatoms. The number of hydrogen-bond acceptors (Lipinski definition) is 4. The zero-order valence-corrected chi connectivity index (χ0v) is 11.1. The van der Waals surface area contributed by atoms with Gasteiger partial charge in [0.15, 0.2) is 11.3 Å². The number of furan rings is 1. The van der Waals surface area contributed by atoms with Crippen molar-refractivity contribution in [1.82, 2.24) is 5.32 Å². The number of carbonyl (C=O) groups is 1. The molecule has 0 spiro atoms. The first-order valence-corrected chi connectivity index (χ1v) is 6.30. The van der Waals surface area contributed by atoms with Gasteiger partial charge in [0, 0.05) is 5.39 Å². The van der Waals surface area contributed by atoms with Crippen molar-refractivity contribution in [3.63, 3.8) is 0 Å². The molecule has 2 aromatic rings. The number of nitrogens with one attached hydrogen (secondary N) is 1. The third kappa shape index (κ3) is 2.88. The van der Waals surface area contributed by atoms with E-state index in [2.05, 4.69) is 5.32 Å². The molecule has 0 bridgehead atoms. The number of para-hydroxylation sites is 1. The summed E-state index contributed by atoms with van der Waals surface area (Å²) in [7, 11) is 0. The smallest absolute Gasteiger partial charge is 0.234 e. The quantitative estimate of drug-likeness (QED) is 0.863. The normalized spacial score (nSPS) is 12.4. The molecule has 1 aromatic carbocycles. The Bertz CT molecular complexity index is 577. The van der Waals surface area contributed by atoms with Crippen LogP contribution in [0.2, 0.25) is 0 Å². The van der Waals surface area contributed by atoms with Gasteiger partial charge in [0.2, 0.25) is 5.91 Å². The lowest BCUT2D eigenvalue weighted by molar-refractivity contribution is -0.120. The maximum absolute atomic E-state index is 11.3. The number of nitrogens with two attached hydrogens (primary N) is 1. The van der Waals surface area contributed by atoms with Crippen LogP contribution in [0.25, 0.3) is 11.0 Å². The first-order chi connectivity index (χ1) is 9.15. The number of benzene rings is 1. The Labute approximate surface area is 111 Å². The molecule has 0 fully saturated rings. The number of hydrogen-bond donors (Lipinski definition) is 2. The van der Waals surface area contributed by atoms with Gasteiger partial charge >= 0.3 is 0 Å². The van der Waals surface area contributed by atoms with Gasteiger partial charge in [0.05, 0.1) is 19.2 Å². The van der Waals surface area contributed by atoms with Gasteiger partial charge < -0.3 is 20.2 Å². The number of rotatable bonds is 5. The van der Waals surface area contributed by atoms with Crippen LogP contribution in [0.1, 0.15) is 25.6 Å². The van der Waals surface area contributed by atoms with Gasteiger partial charge in [-0.1, -0.05) is 12.1 Å². The highest BCUT2D eigenvalue weighted by Gasteiger charge is 2.15. The molecule has 0 radical (unpaired) electrons. The minimum atomic E-state index is -0.224. The summed E-state index contributed by atoms with van der Waals surface area (Å²) < 4.78 is 11.3. The van der Waals surface area contributed by atoms with Crippen LogP contribution < -0.4 is 15.8 Å². The van der Waals surface area contributed by atoms with Crippen LogP contribution >= 0.6 is 0 Å². The third-order valence-corrected chi connectivity index (χ3v) is 2.82. The number of ether oxygens (including phenoxy) is 1. The third-order valence-electron chi connectivity index (χ3n) is 2.82. The Morgan fingerprint density at radius 1 is 1.53 bits per heavy atom. The van der Waals surface area contributed by atoms with Gasteiger partial charge in [0.25, 0.3) is 0 Å². The van der Waals surface area contributed by atoms with Crippen LogP contribution in [-0.2, 0) is 4.79 Å². The van der Waals surface area contributed by atoms with Crippen molar-refractivity contribution in [3.8, 4) is 5.75 Å². The Morgan fingerprint density at radius 2 is 2.32 bits per heavy atom. The van der Waals surface area contributed by atoms with Crippen LogP contribution in [0.5, 0.6) is 5.75 Å². The van der Waals surface area contributed by atoms with Crippen LogP contribution in [0.15, 0.2) is 28.7 Å². The summed E-state index contributed by atoms with van der Waals surface area (Å²) in [6, 6.07) is 7.40. The first-order valence-electron chi connectivity index (χ1n) is 6.30. The molecule has 1 aromatic heterocycles. The zero-order valence-electron chi connectivity index (χ0n) is 11.1. The average Bonchev–Trinajstić information content (AvgIpc) is 2.84. The highest BCUT2D eigenvalue weighted by molar-refractivity contribution is 5.84. The molecule has 1 atom stereocenters. The van der Waals surface area contributed by atoms with Crippen molar-refractivity contribution in [3.05, 3.63) is 30.0 Å². The second kappa shape index (κ2) is 5.75. The van der Waals surface area contributed by atoms with E-state index in [0.717, 1.165) is 5.39 Å². The summed E-state index contributed by atoms with van der Waals surface area (Å²) in [6.45, 7) is 4.32. The second-order valence-electron chi connectivity index (χ2n) is 4.25. The topological polar surface area (TPSA) is 77.5 Å². The van der Waals surface area contributed by atoms with Crippen molar-refractivity contribution in [2.45, 2.75) is 19.9 Å². The Kier molecular flexibility index (Phi) is 4.06. The molecule has 0 aliphatic heterocycles. The molecular weight excluding hydrogens is 244 g/mol. The molecule has 5 nitrogen and oxygen atoms in total. The summed E-state index contributed by atoms with van der Waals surface area (Å²) in [6.07, 6.45) is 0. The highest BCUT2D eigenvalue weighted by atomic mass is 16.5. The first kappa shape index (κ1) is 13.4. The Hall–Kier alpha value is -2.01. The molecular formula is C14H18N2O3. The summed E-state index contributed by atoms with van der Waals surface area (Å²) in [4.78, 5) is 11.3. The molecule has 102 valence electrons. The van der Waals surface area contributed by atoms with Crippen LogP contribution in [0.3, 0.4) is 0 Å². The lowest BCUT2D eigenvalue weighted by atomic mass is 10.2. The van der Waals surface area contributed by atoms with Crippen molar-refractivity contribution in [2.75, 3.05) is 13.2 Å². The molecule has 19 heavy (non-hydrogen) atoms. The molecule has 1 unspecified atom stereocenters. The fourth-order valence-electron chi connectivity index (χ4n) is 1.91. The summed E-state index contributed by atoms with van der Waals surface area (Å²) in [5, 5.41) is 3.71. The monoisotopic (exact) mass is 262 g/mol. The van der Waals surface area contributed by atoms with Crippen LogP contribution in [-0.4, -0.2) is 19.1 Å². The van der Waals surface area contributed by atoms with Crippen LogP contribution in [0.4, 0.5) is 0 Å². The fraction of sp³-hybridized carbons (Fsp3) is 0.357. The van der Waals surface area contributed by atoms with Gasteiger partial charge in [0.1, 0.15) is 5.76 Å². The summed E-state index contributed by atoms with van der Waals surface area (Å²) in [5.41, 5.74) is 5.98. The Morgan fingerprint density at radius 3 is 3.00 bits per heavy atom. The molecule has 0 aliphatic rings. The van der Waals surface area contributed by atoms with Gasteiger partial charge in [-0.05, 0) is 26.0 Å². The van der Waals surface area contributed by atoms with Gasteiger partial charge in [-0.15, -0.1) is 0 Å². The highest BCUT2D eigenvalue weighted by Crippen LogP contribution is 2.31. The van der Waals surface area contributed by atoms with E-state index in [1.165, 1.54) is 0 Å². The summed E-state index contributed by atoms with van der Waals surface area (Å²) in [5.74, 6) is 1.19. The minimum Gasteiger partial charge on any atom is -0.490 e.